The summed E-state index contributed by atoms with van der Waals surface area (Å²) in [7, 11) is 4.79. The Morgan fingerprint density at radius 2 is 1.57 bits per heavy atom. The first-order chi connectivity index (χ1) is 18.1. The van der Waals surface area contributed by atoms with Crippen LogP contribution >= 0.6 is 0 Å². The summed E-state index contributed by atoms with van der Waals surface area (Å²) in [5.74, 6) is 2.53. The van der Waals surface area contributed by atoms with Crippen LogP contribution in [0, 0.1) is 0 Å². The summed E-state index contributed by atoms with van der Waals surface area (Å²) in [6.45, 7) is 2.54. The van der Waals surface area contributed by atoms with Gasteiger partial charge in [-0.1, -0.05) is 24.3 Å². The maximum Gasteiger partial charge on any atom is 0.203 e. The standard InChI is InChI=1S/C30H32N2O5/c1-5-37-21-10-8-9-18(13-21)29-28-24(31-22-11-6-7-12-23(22)32-29)14-19(15-25(28)33)20-16-26(34-2)30(36-4)27(17-20)35-3/h6-13,16-17,19,29,31-32H,5,14-15H2,1-4H3/t19-,29-/m1/s1. The highest BCUT2D eigenvalue weighted by molar-refractivity contribution is 6.01. The Morgan fingerprint density at radius 3 is 2.24 bits per heavy atom. The Balaban J connectivity index is 1.59. The Hall–Kier alpha value is -4.13. The molecule has 3 aromatic carbocycles. The van der Waals surface area contributed by atoms with Gasteiger partial charge in [0.15, 0.2) is 17.3 Å². The topological polar surface area (TPSA) is 78.1 Å². The van der Waals surface area contributed by atoms with Gasteiger partial charge >= 0.3 is 0 Å². The number of hydrogen-bond donors (Lipinski definition) is 2. The summed E-state index contributed by atoms with van der Waals surface area (Å²) in [6, 6.07) is 19.6. The number of benzene rings is 3. The van der Waals surface area contributed by atoms with Gasteiger partial charge in [0.2, 0.25) is 5.75 Å². The Kier molecular flexibility index (Phi) is 6.95. The van der Waals surface area contributed by atoms with Crippen molar-refractivity contribution in [3.8, 4) is 23.0 Å². The number of ketones is 1. The van der Waals surface area contributed by atoms with E-state index in [4.69, 9.17) is 18.9 Å². The van der Waals surface area contributed by atoms with Crippen molar-refractivity contribution < 1.29 is 23.7 Å². The third-order valence-electron chi connectivity index (χ3n) is 6.97. The molecule has 2 atom stereocenters. The van der Waals surface area contributed by atoms with Gasteiger partial charge < -0.3 is 29.6 Å². The fraction of sp³-hybridized carbons (Fsp3) is 0.300. The number of carbonyl (C=O) groups is 1. The van der Waals surface area contributed by atoms with E-state index in [2.05, 4.69) is 10.6 Å². The minimum Gasteiger partial charge on any atom is -0.494 e. The van der Waals surface area contributed by atoms with E-state index in [0.29, 0.717) is 36.7 Å². The number of rotatable bonds is 7. The molecule has 0 unspecified atom stereocenters. The van der Waals surface area contributed by atoms with Crippen molar-refractivity contribution in [3.63, 3.8) is 0 Å². The van der Waals surface area contributed by atoms with Crippen LogP contribution in [0.3, 0.4) is 0 Å². The molecule has 0 amide bonds. The minimum atomic E-state index is -0.306. The molecule has 1 heterocycles. The van der Waals surface area contributed by atoms with Crippen LogP contribution in [0.1, 0.15) is 42.9 Å². The van der Waals surface area contributed by atoms with Crippen LogP contribution in [0.25, 0.3) is 0 Å². The molecule has 192 valence electrons. The Bertz CT molecular complexity index is 1320. The molecule has 3 aromatic rings. The molecule has 0 saturated carbocycles. The SMILES string of the molecule is CCOc1cccc([C@H]2Nc3ccccc3NC3=C2C(=O)C[C@H](c2cc(OC)c(OC)c(OC)c2)C3)c1. The number of anilines is 2. The van der Waals surface area contributed by atoms with Gasteiger partial charge in [0.05, 0.1) is 45.4 Å². The first kappa shape index (κ1) is 24.6. The Morgan fingerprint density at radius 1 is 0.838 bits per heavy atom. The van der Waals surface area contributed by atoms with Gasteiger partial charge in [-0.05, 0) is 66.8 Å². The number of allylic oxidation sites excluding steroid dienone is 1. The van der Waals surface area contributed by atoms with Crippen molar-refractivity contribution in [3.05, 3.63) is 83.1 Å². The lowest BCUT2D eigenvalue weighted by Gasteiger charge is -2.30. The second-order valence-electron chi connectivity index (χ2n) is 9.13. The summed E-state index contributed by atoms with van der Waals surface area (Å²) < 4.78 is 22.4. The normalized spacial score (nSPS) is 18.5. The average molecular weight is 501 g/mol. The molecule has 7 heteroatoms. The molecule has 7 nitrogen and oxygen atoms in total. The van der Waals surface area contributed by atoms with Gasteiger partial charge in [-0.3, -0.25) is 4.79 Å². The van der Waals surface area contributed by atoms with Crippen LogP contribution in [0.5, 0.6) is 23.0 Å². The van der Waals surface area contributed by atoms with Gasteiger partial charge in [0, 0.05) is 17.7 Å². The lowest BCUT2D eigenvalue weighted by molar-refractivity contribution is -0.116. The molecule has 0 spiro atoms. The molecular formula is C30H32N2O5. The van der Waals surface area contributed by atoms with Gasteiger partial charge in [-0.15, -0.1) is 0 Å². The molecule has 0 saturated heterocycles. The number of Topliss-reactive ketones (excluding diaryl/α,β-unsaturated/α-hetero) is 1. The highest BCUT2D eigenvalue weighted by atomic mass is 16.5. The zero-order valence-corrected chi connectivity index (χ0v) is 21.6. The van der Waals surface area contributed by atoms with Crippen LogP contribution in [0.15, 0.2) is 71.9 Å². The van der Waals surface area contributed by atoms with E-state index in [1.165, 1.54) is 0 Å². The van der Waals surface area contributed by atoms with Crippen LogP contribution < -0.4 is 29.6 Å². The second kappa shape index (κ2) is 10.5. The van der Waals surface area contributed by atoms with Crippen molar-refractivity contribution in [1.29, 1.82) is 0 Å². The predicted octanol–water partition coefficient (Wildman–Crippen LogP) is 6.09. The molecule has 2 N–H and O–H groups in total. The quantitative estimate of drug-likeness (QED) is 0.406. The molecule has 0 fully saturated rings. The monoisotopic (exact) mass is 500 g/mol. The summed E-state index contributed by atoms with van der Waals surface area (Å²) in [5.41, 5.74) is 5.51. The zero-order valence-electron chi connectivity index (χ0n) is 21.6. The van der Waals surface area contributed by atoms with E-state index in [1.54, 1.807) is 21.3 Å². The predicted molar refractivity (Wildman–Crippen MR) is 144 cm³/mol. The van der Waals surface area contributed by atoms with Crippen molar-refractivity contribution in [2.45, 2.75) is 31.7 Å². The van der Waals surface area contributed by atoms with E-state index < -0.39 is 0 Å². The van der Waals surface area contributed by atoms with Gasteiger partial charge in [0.25, 0.3) is 0 Å². The zero-order chi connectivity index (χ0) is 25.9. The average Bonchev–Trinajstić information content (AvgIpc) is 3.09. The Labute approximate surface area is 217 Å². The number of nitrogens with one attached hydrogen (secondary N) is 2. The molecule has 2 aliphatic rings. The maximum atomic E-state index is 13.9. The summed E-state index contributed by atoms with van der Waals surface area (Å²) >= 11 is 0. The number of methoxy groups -OCH3 is 3. The van der Waals surface area contributed by atoms with E-state index in [9.17, 15) is 4.79 Å². The molecule has 1 aliphatic carbocycles. The lowest BCUT2D eigenvalue weighted by Crippen LogP contribution is -2.27. The smallest absolute Gasteiger partial charge is 0.203 e. The molecule has 0 radical (unpaired) electrons. The molecule has 1 aliphatic heterocycles. The van der Waals surface area contributed by atoms with E-state index in [1.807, 2.05) is 67.6 Å². The molecule has 5 rings (SSSR count). The van der Waals surface area contributed by atoms with Crippen LogP contribution in [0.2, 0.25) is 0 Å². The largest absolute Gasteiger partial charge is 0.494 e. The summed E-state index contributed by atoms with van der Waals surface area (Å²) in [6.07, 6.45) is 1.04. The number of para-hydroxylation sites is 2. The van der Waals surface area contributed by atoms with E-state index in [-0.39, 0.29) is 17.7 Å². The lowest BCUT2D eigenvalue weighted by atomic mass is 9.78. The highest BCUT2D eigenvalue weighted by Crippen LogP contribution is 2.47. The van der Waals surface area contributed by atoms with Crippen molar-refractivity contribution in [2.24, 2.45) is 0 Å². The highest BCUT2D eigenvalue weighted by Gasteiger charge is 2.36. The van der Waals surface area contributed by atoms with Crippen molar-refractivity contribution in [2.75, 3.05) is 38.6 Å². The number of hydrogen-bond acceptors (Lipinski definition) is 7. The first-order valence-corrected chi connectivity index (χ1v) is 12.5. The second-order valence-corrected chi connectivity index (χ2v) is 9.13. The summed E-state index contributed by atoms with van der Waals surface area (Å²) in [5, 5.41) is 7.22. The molecule has 37 heavy (non-hydrogen) atoms. The fourth-order valence-corrected chi connectivity index (χ4v) is 5.27. The first-order valence-electron chi connectivity index (χ1n) is 12.5. The van der Waals surface area contributed by atoms with Crippen molar-refractivity contribution >= 4 is 17.2 Å². The maximum absolute atomic E-state index is 13.9. The molecule has 0 bridgehead atoms. The van der Waals surface area contributed by atoms with E-state index in [0.717, 1.165) is 39.5 Å². The summed E-state index contributed by atoms with van der Waals surface area (Å²) in [4.78, 5) is 13.9. The third kappa shape index (κ3) is 4.69. The van der Waals surface area contributed by atoms with Gasteiger partial charge in [-0.2, -0.15) is 0 Å². The van der Waals surface area contributed by atoms with Crippen LogP contribution in [-0.2, 0) is 4.79 Å². The number of carbonyl (C=O) groups excluding carboxylic acids is 1. The number of fused-ring (bicyclic) bond motifs is 1. The van der Waals surface area contributed by atoms with Crippen molar-refractivity contribution in [1.82, 2.24) is 0 Å². The molecule has 0 aromatic heterocycles. The molecular weight excluding hydrogens is 468 g/mol. The minimum absolute atomic E-state index is 0.0480. The van der Waals surface area contributed by atoms with Gasteiger partial charge in [-0.25, -0.2) is 0 Å². The fourth-order valence-electron chi connectivity index (χ4n) is 5.27. The number of ether oxygens (including phenoxy) is 4. The van der Waals surface area contributed by atoms with Crippen LogP contribution in [-0.4, -0.2) is 33.7 Å². The van der Waals surface area contributed by atoms with E-state index >= 15 is 0 Å². The van der Waals surface area contributed by atoms with Gasteiger partial charge in [0.1, 0.15) is 5.75 Å². The van der Waals surface area contributed by atoms with Crippen LogP contribution in [0.4, 0.5) is 11.4 Å². The third-order valence-corrected chi connectivity index (χ3v) is 6.97.